The predicted octanol–water partition coefficient (Wildman–Crippen LogP) is 2.35. The van der Waals surface area contributed by atoms with Gasteiger partial charge in [0, 0.05) is 18.3 Å². The molecule has 0 aromatic heterocycles. The fraction of sp³-hybridized carbons (Fsp3) is 0.600. The van der Waals surface area contributed by atoms with E-state index in [4.69, 9.17) is 0 Å². The largest absolute Gasteiger partial charge is 0.313 e. The van der Waals surface area contributed by atoms with Gasteiger partial charge in [-0.1, -0.05) is 37.3 Å². The molecule has 19 heavy (non-hydrogen) atoms. The fourth-order valence-electron chi connectivity index (χ4n) is 2.17. The molecule has 1 aliphatic rings. The number of rotatable bonds is 8. The first-order chi connectivity index (χ1) is 9.11. The summed E-state index contributed by atoms with van der Waals surface area (Å²) in [6, 6.07) is 10.9. The summed E-state index contributed by atoms with van der Waals surface area (Å²) in [4.78, 5) is 0. The Hall–Kier alpha value is -0.870. The van der Waals surface area contributed by atoms with Crippen molar-refractivity contribution < 1.29 is 8.42 Å². The van der Waals surface area contributed by atoms with E-state index in [1.54, 1.807) is 6.92 Å². The summed E-state index contributed by atoms with van der Waals surface area (Å²) < 4.78 is 23.3. The van der Waals surface area contributed by atoms with Crippen LogP contribution in [0.15, 0.2) is 30.3 Å². The molecule has 0 saturated heterocycles. The highest BCUT2D eigenvalue weighted by atomic mass is 32.2. The van der Waals surface area contributed by atoms with Gasteiger partial charge in [0.05, 0.1) is 5.75 Å². The van der Waals surface area contributed by atoms with Crippen LogP contribution in [0.4, 0.5) is 0 Å². The second-order valence-corrected chi connectivity index (χ2v) is 7.79. The van der Waals surface area contributed by atoms with Crippen molar-refractivity contribution in [3.05, 3.63) is 35.9 Å². The summed E-state index contributed by atoms with van der Waals surface area (Å²) in [6.07, 6.45) is 3.23. The summed E-state index contributed by atoms with van der Waals surface area (Å²) in [7, 11) is -2.87. The lowest BCUT2D eigenvalue weighted by molar-refractivity contribution is 0.554. The molecule has 0 spiro atoms. The number of benzene rings is 1. The second-order valence-electron chi connectivity index (χ2n) is 5.32. The third-order valence-electron chi connectivity index (χ3n) is 3.72. The number of sulfone groups is 1. The molecular weight excluding hydrogens is 258 g/mol. The SMILES string of the molecule is CCS(=O)(=O)CCC(CNC1CC1)c1ccccc1. The van der Waals surface area contributed by atoms with Crippen molar-refractivity contribution in [2.24, 2.45) is 0 Å². The lowest BCUT2D eigenvalue weighted by Crippen LogP contribution is -2.25. The Morgan fingerprint density at radius 1 is 1.26 bits per heavy atom. The maximum absolute atomic E-state index is 11.7. The van der Waals surface area contributed by atoms with Gasteiger partial charge in [-0.25, -0.2) is 8.42 Å². The number of hydrogen-bond acceptors (Lipinski definition) is 3. The van der Waals surface area contributed by atoms with Gasteiger partial charge < -0.3 is 5.32 Å². The third-order valence-corrected chi connectivity index (χ3v) is 5.46. The van der Waals surface area contributed by atoms with E-state index in [0.717, 1.165) is 6.54 Å². The Balaban J connectivity index is 1.97. The molecule has 1 saturated carbocycles. The molecule has 0 amide bonds. The molecule has 1 aliphatic carbocycles. The van der Waals surface area contributed by atoms with E-state index in [1.165, 1.54) is 18.4 Å². The van der Waals surface area contributed by atoms with E-state index in [9.17, 15) is 8.42 Å². The van der Waals surface area contributed by atoms with Crippen LogP contribution < -0.4 is 5.32 Å². The first kappa shape index (κ1) is 14.5. The highest BCUT2D eigenvalue weighted by Gasteiger charge is 2.23. The molecule has 0 bridgehead atoms. The molecule has 1 atom stereocenters. The van der Waals surface area contributed by atoms with Crippen LogP contribution >= 0.6 is 0 Å². The minimum Gasteiger partial charge on any atom is -0.313 e. The van der Waals surface area contributed by atoms with Crippen molar-refractivity contribution in [2.45, 2.75) is 38.1 Å². The van der Waals surface area contributed by atoms with Crippen LogP contribution in [-0.2, 0) is 9.84 Å². The molecule has 2 rings (SSSR count). The van der Waals surface area contributed by atoms with Crippen molar-refractivity contribution in [1.82, 2.24) is 5.32 Å². The quantitative estimate of drug-likeness (QED) is 0.795. The molecule has 106 valence electrons. The van der Waals surface area contributed by atoms with Gasteiger partial charge in [0.25, 0.3) is 0 Å². The van der Waals surface area contributed by atoms with Gasteiger partial charge >= 0.3 is 0 Å². The smallest absolute Gasteiger partial charge is 0.150 e. The van der Waals surface area contributed by atoms with Crippen LogP contribution in [0.3, 0.4) is 0 Å². The summed E-state index contributed by atoms with van der Waals surface area (Å²) in [5.74, 6) is 0.822. The predicted molar refractivity (Wildman–Crippen MR) is 79.2 cm³/mol. The molecule has 1 N–H and O–H groups in total. The summed E-state index contributed by atoms with van der Waals surface area (Å²) in [5.41, 5.74) is 1.24. The minimum absolute atomic E-state index is 0.241. The van der Waals surface area contributed by atoms with Gasteiger partial charge in [-0.2, -0.15) is 0 Å². The van der Waals surface area contributed by atoms with Gasteiger partial charge in [-0.15, -0.1) is 0 Å². The molecule has 3 nitrogen and oxygen atoms in total. The zero-order valence-corrected chi connectivity index (χ0v) is 12.3. The first-order valence-electron chi connectivity index (χ1n) is 7.09. The third kappa shape index (κ3) is 4.96. The van der Waals surface area contributed by atoms with Gasteiger partial charge in [-0.3, -0.25) is 0 Å². The van der Waals surface area contributed by atoms with Gasteiger partial charge in [0.15, 0.2) is 0 Å². The molecule has 0 heterocycles. The average Bonchev–Trinajstić information content (AvgIpc) is 3.24. The van der Waals surface area contributed by atoms with E-state index < -0.39 is 9.84 Å². The maximum atomic E-state index is 11.7. The van der Waals surface area contributed by atoms with Gasteiger partial charge in [0.2, 0.25) is 0 Å². The van der Waals surface area contributed by atoms with E-state index in [1.807, 2.05) is 18.2 Å². The van der Waals surface area contributed by atoms with Crippen molar-refractivity contribution in [2.75, 3.05) is 18.1 Å². The Bertz CT molecular complexity index is 480. The maximum Gasteiger partial charge on any atom is 0.150 e. The highest BCUT2D eigenvalue weighted by molar-refractivity contribution is 7.91. The van der Waals surface area contributed by atoms with Crippen molar-refractivity contribution in [3.8, 4) is 0 Å². The van der Waals surface area contributed by atoms with E-state index in [2.05, 4.69) is 17.4 Å². The highest BCUT2D eigenvalue weighted by Crippen LogP contribution is 2.23. The molecule has 1 aromatic carbocycles. The van der Waals surface area contributed by atoms with Crippen LogP contribution in [0.1, 0.15) is 37.7 Å². The first-order valence-corrected chi connectivity index (χ1v) is 8.91. The lowest BCUT2D eigenvalue weighted by Gasteiger charge is -2.18. The normalized spacial score (nSPS) is 17.3. The molecule has 4 heteroatoms. The summed E-state index contributed by atoms with van der Waals surface area (Å²) in [5, 5.41) is 3.51. The molecule has 1 unspecified atom stereocenters. The Morgan fingerprint density at radius 2 is 1.95 bits per heavy atom. The monoisotopic (exact) mass is 281 g/mol. The zero-order chi connectivity index (χ0) is 13.7. The van der Waals surface area contributed by atoms with Crippen molar-refractivity contribution in [1.29, 1.82) is 0 Å². The summed E-state index contributed by atoms with van der Waals surface area (Å²) in [6.45, 7) is 2.60. The van der Waals surface area contributed by atoms with E-state index >= 15 is 0 Å². The van der Waals surface area contributed by atoms with E-state index in [0.29, 0.717) is 18.4 Å². The van der Waals surface area contributed by atoms with Crippen LogP contribution in [0.2, 0.25) is 0 Å². The standard InChI is InChI=1S/C15H23NO2S/c1-2-19(17,18)11-10-14(12-16-15-8-9-15)13-6-4-3-5-7-13/h3-7,14-16H,2,8-12H2,1H3. The van der Waals surface area contributed by atoms with Crippen LogP contribution in [0.5, 0.6) is 0 Å². The lowest BCUT2D eigenvalue weighted by atomic mass is 9.96. The van der Waals surface area contributed by atoms with E-state index in [-0.39, 0.29) is 11.5 Å². The Labute approximate surface area is 116 Å². The minimum atomic E-state index is -2.87. The molecule has 0 aliphatic heterocycles. The fourth-order valence-corrected chi connectivity index (χ4v) is 3.11. The summed E-state index contributed by atoms with van der Waals surface area (Å²) >= 11 is 0. The number of hydrogen-bond donors (Lipinski definition) is 1. The Morgan fingerprint density at radius 3 is 2.53 bits per heavy atom. The number of nitrogens with one attached hydrogen (secondary N) is 1. The van der Waals surface area contributed by atoms with Gasteiger partial charge in [-0.05, 0) is 30.7 Å². The molecular formula is C15H23NO2S. The zero-order valence-electron chi connectivity index (χ0n) is 11.5. The van der Waals surface area contributed by atoms with Crippen LogP contribution in [-0.4, -0.2) is 32.5 Å². The second kappa shape index (κ2) is 6.53. The topological polar surface area (TPSA) is 46.2 Å². The van der Waals surface area contributed by atoms with Crippen LogP contribution in [0, 0.1) is 0 Å². The van der Waals surface area contributed by atoms with Crippen LogP contribution in [0.25, 0.3) is 0 Å². The Kier molecular flexibility index (Phi) is 4.99. The average molecular weight is 281 g/mol. The molecule has 0 radical (unpaired) electrons. The van der Waals surface area contributed by atoms with Crippen molar-refractivity contribution in [3.63, 3.8) is 0 Å². The molecule has 1 aromatic rings. The van der Waals surface area contributed by atoms with Gasteiger partial charge in [0.1, 0.15) is 9.84 Å². The molecule has 1 fully saturated rings. The van der Waals surface area contributed by atoms with Crippen molar-refractivity contribution >= 4 is 9.84 Å².